The Balaban J connectivity index is 1.74. The number of amides is 3. The number of urea groups is 1. The second-order valence-corrected chi connectivity index (χ2v) is 6.33. The number of furan rings is 1. The molecule has 2 aliphatic rings. The van der Waals surface area contributed by atoms with Crippen LogP contribution in [0.25, 0.3) is 0 Å². The lowest BCUT2D eigenvalue weighted by atomic mass is 9.95. The van der Waals surface area contributed by atoms with Gasteiger partial charge in [0.2, 0.25) is 0 Å². The summed E-state index contributed by atoms with van der Waals surface area (Å²) in [6.07, 6.45) is 1.47. The van der Waals surface area contributed by atoms with Crippen LogP contribution in [0.4, 0.5) is 18.0 Å². The van der Waals surface area contributed by atoms with Crippen LogP contribution in [0.15, 0.2) is 46.2 Å². The van der Waals surface area contributed by atoms with Crippen molar-refractivity contribution in [2.45, 2.75) is 12.6 Å². The van der Waals surface area contributed by atoms with Crippen molar-refractivity contribution in [3.63, 3.8) is 0 Å². The molecule has 2 aromatic rings. The predicted octanol–water partition coefficient (Wildman–Crippen LogP) is 2.69. The van der Waals surface area contributed by atoms with Crippen LogP contribution in [-0.4, -0.2) is 35.3 Å². The number of likely N-dealkylation sites (N-methyl/N-ethyl adjacent to an activating group) is 1. The summed E-state index contributed by atoms with van der Waals surface area (Å²) in [6, 6.07) is 2.65. The standard InChI is InChI=1S/C18H14F3N3O3/c1-23-14-8-24(7-9-3-2-4-27-9)17(25)15(14)16(22-18(23)26)10-5-12(20)13(21)6-11(10)19/h2-6,16H,7-8H2,1H3,(H,22,26). The second kappa shape index (κ2) is 6.19. The first-order valence-corrected chi connectivity index (χ1v) is 8.10. The Morgan fingerprint density at radius 3 is 2.63 bits per heavy atom. The maximum Gasteiger partial charge on any atom is 0.322 e. The molecule has 0 bridgehead atoms. The van der Waals surface area contributed by atoms with Gasteiger partial charge in [-0.15, -0.1) is 0 Å². The number of rotatable bonds is 3. The fourth-order valence-corrected chi connectivity index (χ4v) is 3.33. The van der Waals surface area contributed by atoms with Gasteiger partial charge in [-0.05, 0) is 18.2 Å². The van der Waals surface area contributed by atoms with E-state index in [9.17, 15) is 22.8 Å². The normalized spacial score (nSPS) is 19.6. The highest BCUT2D eigenvalue weighted by Crippen LogP contribution is 2.37. The van der Waals surface area contributed by atoms with E-state index in [1.165, 1.54) is 23.1 Å². The highest BCUT2D eigenvalue weighted by molar-refractivity contribution is 6.01. The minimum absolute atomic E-state index is 0.112. The summed E-state index contributed by atoms with van der Waals surface area (Å²) in [5.41, 5.74) is 0.189. The molecule has 0 fully saturated rings. The highest BCUT2D eigenvalue weighted by Gasteiger charge is 2.44. The smallest absolute Gasteiger partial charge is 0.322 e. The molecule has 3 amide bonds. The van der Waals surface area contributed by atoms with Gasteiger partial charge in [0, 0.05) is 18.7 Å². The average Bonchev–Trinajstić information content (AvgIpc) is 3.24. The Morgan fingerprint density at radius 1 is 1.19 bits per heavy atom. The quantitative estimate of drug-likeness (QED) is 0.837. The largest absolute Gasteiger partial charge is 0.467 e. The van der Waals surface area contributed by atoms with Crippen LogP contribution in [0, 0.1) is 17.5 Å². The maximum atomic E-state index is 14.3. The number of carbonyl (C=O) groups is 2. The summed E-state index contributed by atoms with van der Waals surface area (Å²) in [7, 11) is 1.48. The Bertz CT molecular complexity index is 972. The van der Waals surface area contributed by atoms with Gasteiger partial charge in [0.15, 0.2) is 11.6 Å². The van der Waals surface area contributed by atoms with Crippen LogP contribution < -0.4 is 5.32 Å². The lowest BCUT2D eigenvalue weighted by Crippen LogP contribution is -2.45. The van der Waals surface area contributed by atoms with E-state index in [1.807, 2.05) is 0 Å². The van der Waals surface area contributed by atoms with Gasteiger partial charge in [-0.2, -0.15) is 0 Å². The molecule has 4 rings (SSSR count). The molecular weight excluding hydrogens is 363 g/mol. The number of halogens is 3. The van der Waals surface area contributed by atoms with Gasteiger partial charge in [-0.25, -0.2) is 18.0 Å². The minimum Gasteiger partial charge on any atom is -0.467 e. The molecule has 140 valence electrons. The molecule has 1 aromatic carbocycles. The highest BCUT2D eigenvalue weighted by atomic mass is 19.2. The first-order valence-electron chi connectivity index (χ1n) is 8.10. The molecule has 6 nitrogen and oxygen atoms in total. The monoisotopic (exact) mass is 377 g/mol. The van der Waals surface area contributed by atoms with E-state index in [4.69, 9.17) is 4.42 Å². The molecule has 1 unspecified atom stereocenters. The minimum atomic E-state index is -1.35. The number of nitrogens with zero attached hydrogens (tertiary/aromatic N) is 2. The van der Waals surface area contributed by atoms with Gasteiger partial charge in [0.25, 0.3) is 5.91 Å². The topological polar surface area (TPSA) is 65.8 Å². The summed E-state index contributed by atoms with van der Waals surface area (Å²) < 4.78 is 46.5. The number of benzene rings is 1. The number of carbonyl (C=O) groups excluding carboxylic acids is 2. The van der Waals surface area contributed by atoms with Crippen molar-refractivity contribution in [1.29, 1.82) is 0 Å². The van der Waals surface area contributed by atoms with Crippen molar-refractivity contribution in [2.24, 2.45) is 0 Å². The van der Waals surface area contributed by atoms with Crippen LogP contribution in [0.1, 0.15) is 17.4 Å². The van der Waals surface area contributed by atoms with Crippen molar-refractivity contribution in [3.05, 3.63) is 70.6 Å². The van der Waals surface area contributed by atoms with E-state index in [0.29, 0.717) is 23.6 Å². The van der Waals surface area contributed by atoms with E-state index in [0.717, 1.165) is 0 Å². The molecule has 3 heterocycles. The Hall–Kier alpha value is -3.23. The van der Waals surface area contributed by atoms with E-state index in [2.05, 4.69) is 5.32 Å². The zero-order valence-corrected chi connectivity index (χ0v) is 14.1. The second-order valence-electron chi connectivity index (χ2n) is 6.33. The van der Waals surface area contributed by atoms with Crippen LogP contribution >= 0.6 is 0 Å². The number of hydrogen-bond donors (Lipinski definition) is 1. The van der Waals surface area contributed by atoms with Crippen molar-refractivity contribution >= 4 is 11.9 Å². The third kappa shape index (κ3) is 2.75. The molecule has 1 aromatic heterocycles. The molecule has 1 atom stereocenters. The van der Waals surface area contributed by atoms with Crippen LogP contribution in [-0.2, 0) is 11.3 Å². The molecule has 0 aliphatic carbocycles. The Morgan fingerprint density at radius 2 is 1.93 bits per heavy atom. The first-order chi connectivity index (χ1) is 12.9. The fourth-order valence-electron chi connectivity index (χ4n) is 3.33. The molecule has 9 heteroatoms. The summed E-state index contributed by atoms with van der Waals surface area (Å²) in [6.45, 7) is 0.272. The Labute approximate surface area is 151 Å². The van der Waals surface area contributed by atoms with Gasteiger partial charge in [0.1, 0.15) is 11.6 Å². The summed E-state index contributed by atoms with van der Waals surface area (Å²) in [5.74, 6) is -3.56. The Kier molecular flexibility index (Phi) is 3.94. The summed E-state index contributed by atoms with van der Waals surface area (Å²) >= 11 is 0. The SMILES string of the molecule is CN1C(=O)NC(c2cc(F)c(F)cc2F)C2=C1CN(Cc1ccco1)C2=O. The molecule has 0 spiro atoms. The number of nitrogens with one attached hydrogen (secondary N) is 1. The van der Waals surface area contributed by atoms with E-state index >= 15 is 0 Å². The maximum absolute atomic E-state index is 14.3. The van der Waals surface area contributed by atoms with Crippen molar-refractivity contribution in [3.8, 4) is 0 Å². The molecule has 27 heavy (non-hydrogen) atoms. The summed E-state index contributed by atoms with van der Waals surface area (Å²) in [4.78, 5) is 27.9. The zero-order chi connectivity index (χ0) is 19.3. The van der Waals surface area contributed by atoms with Gasteiger partial charge in [0.05, 0.1) is 36.7 Å². The third-order valence-corrected chi connectivity index (χ3v) is 4.71. The van der Waals surface area contributed by atoms with Gasteiger partial charge >= 0.3 is 6.03 Å². The van der Waals surface area contributed by atoms with Crippen LogP contribution in [0.3, 0.4) is 0 Å². The predicted molar refractivity (Wildman–Crippen MR) is 86.5 cm³/mol. The molecule has 0 radical (unpaired) electrons. The van der Waals surface area contributed by atoms with Gasteiger partial charge in [-0.1, -0.05) is 0 Å². The average molecular weight is 377 g/mol. The van der Waals surface area contributed by atoms with E-state index < -0.39 is 35.4 Å². The van der Waals surface area contributed by atoms with E-state index in [-0.39, 0.29) is 24.2 Å². The van der Waals surface area contributed by atoms with Gasteiger partial charge in [-0.3, -0.25) is 9.69 Å². The van der Waals surface area contributed by atoms with Crippen LogP contribution in [0.2, 0.25) is 0 Å². The van der Waals surface area contributed by atoms with E-state index in [1.54, 1.807) is 12.1 Å². The third-order valence-electron chi connectivity index (χ3n) is 4.71. The first kappa shape index (κ1) is 17.2. The lowest BCUT2D eigenvalue weighted by molar-refractivity contribution is -0.126. The fraction of sp³-hybridized carbons (Fsp3) is 0.222. The van der Waals surface area contributed by atoms with Crippen molar-refractivity contribution in [2.75, 3.05) is 13.6 Å². The molecular formula is C18H14F3N3O3. The lowest BCUT2D eigenvalue weighted by Gasteiger charge is -2.31. The molecule has 2 aliphatic heterocycles. The molecule has 1 N–H and O–H groups in total. The number of hydrogen-bond acceptors (Lipinski definition) is 3. The van der Waals surface area contributed by atoms with Crippen LogP contribution in [0.5, 0.6) is 0 Å². The zero-order valence-electron chi connectivity index (χ0n) is 14.1. The van der Waals surface area contributed by atoms with Crippen molar-refractivity contribution in [1.82, 2.24) is 15.1 Å². The van der Waals surface area contributed by atoms with Gasteiger partial charge < -0.3 is 14.6 Å². The molecule has 0 saturated heterocycles. The van der Waals surface area contributed by atoms with Crippen molar-refractivity contribution < 1.29 is 27.2 Å². The summed E-state index contributed by atoms with van der Waals surface area (Å²) in [5, 5.41) is 2.48. The molecule has 0 saturated carbocycles.